The van der Waals surface area contributed by atoms with Crippen molar-refractivity contribution in [1.82, 2.24) is 4.90 Å². The Morgan fingerprint density at radius 3 is 2.83 bits per heavy atom. The van der Waals surface area contributed by atoms with Gasteiger partial charge >= 0.3 is 0 Å². The van der Waals surface area contributed by atoms with Crippen molar-refractivity contribution < 1.29 is 14.3 Å². The van der Waals surface area contributed by atoms with Gasteiger partial charge in [0, 0.05) is 25.4 Å². The molecule has 0 spiro atoms. The van der Waals surface area contributed by atoms with E-state index in [4.69, 9.17) is 4.42 Å². The fourth-order valence-corrected chi connectivity index (χ4v) is 3.50. The molecular formula is C20H25NO3. The molecule has 24 heavy (non-hydrogen) atoms. The van der Waals surface area contributed by atoms with Crippen molar-refractivity contribution in [3.63, 3.8) is 0 Å². The summed E-state index contributed by atoms with van der Waals surface area (Å²) in [5, 5.41) is 10.3. The van der Waals surface area contributed by atoms with Crippen LogP contribution in [0.3, 0.4) is 0 Å². The summed E-state index contributed by atoms with van der Waals surface area (Å²) in [6.45, 7) is 0.805. The first-order chi connectivity index (χ1) is 11.7. The number of hydrogen-bond donors (Lipinski definition) is 1. The molecule has 1 N–H and O–H groups in total. The molecular weight excluding hydrogens is 302 g/mol. The molecule has 1 aliphatic rings. The molecule has 2 unspecified atom stereocenters. The Labute approximate surface area is 143 Å². The van der Waals surface area contributed by atoms with E-state index in [1.807, 2.05) is 23.1 Å². The van der Waals surface area contributed by atoms with Crippen LogP contribution in [-0.2, 0) is 11.2 Å². The van der Waals surface area contributed by atoms with Crippen LogP contribution < -0.4 is 0 Å². The third kappa shape index (κ3) is 4.26. The van der Waals surface area contributed by atoms with Gasteiger partial charge in [-0.15, -0.1) is 0 Å². The molecule has 2 atom stereocenters. The lowest BCUT2D eigenvalue weighted by Crippen LogP contribution is -2.36. The van der Waals surface area contributed by atoms with Crippen molar-refractivity contribution in [3.05, 3.63) is 60.1 Å². The molecule has 0 saturated carbocycles. The molecule has 128 valence electrons. The third-order valence-corrected chi connectivity index (χ3v) is 4.76. The van der Waals surface area contributed by atoms with Gasteiger partial charge in [-0.25, -0.2) is 0 Å². The van der Waals surface area contributed by atoms with E-state index >= 15 is 0 Å². The van der Waals surface area contributed by atoms with Crippen molar-refractivity contribution in [3.8, 4) is 0 Å². The third-order valence-electron chi connectivity index (χ3n) is 4.76. The number of amides is 1. The average Bonchev–Trinajstić information content (AvgIpc) is 3.27. The highest BCUT2D eigenvalue weighted by Crippen LogP contribution is 2.28. The maximum Gasteiger partial charge on any atom is 0.222 e. The molecule has 1 amide bonds. The van der Waals surface area contributed by atoms with Gasteiger partial charge in [-0.3, -0.25) is 4.79 Å². The van der Waals surface area contributed by atoms with Crippen molar-refractivity contribution in [1.29, 1.82) is 0 Å². The first kappa shape index (κ1) is 16.8. The van der Waals surface area contributed by atoms with E-state index in [2.05, 4.69) is 12.1 Å². The first-order valence-electron chi connectivity index (χ1n) is 8.79. The van der Waals surface area contributed by atoms with Crippen molar-refractivity contribution in [2.24, 2.45) is 0 Å². The van der Waals surface area contributed by atoms with Crippen LogP contribution in [-0.4, -0.2) is 28.5 Å². The number of carbonyl (C=O) groups is 1. The predicted molar refractivity (Wildman–Crippen MR) is 92.4 cm³/mol. The zero-order valence-electron chi connectivity index (χ0n) is 13.9. The van der Waals surface area contributed by atoms with E-state index in [-0.39, 0.29) is 11.9 Å². The molecule has 1 aromatic carbocycles. The van der Waals surface area contributed by atoms with Gasteiger partial charge < -0.3 is 14.4 Å². The van der Waals surface area contributed by atoms with Crippen molar-refractivity contribution in [2.75, 3.05) is 6.54 Å². The Balaban J connectivity index is 1.48. The summed E-state index contributed by atoms with van der Waals surface area (Å²) in [6, 6.07) is 14.0. The molecule has 1 aromatic heterocycles. The van der Waals surface area contributed by atoms with Crippen LogP contribution in [0.5, 0.6) is 0 Å². The molecule has 2 heterocycles. The highest BCUT2D eigenvalue weighted by molar-refractivity contribution is 5.76. The summed E-state index contributed by atoms with van der Waals surface area (Å²) >= 11 is 0. The lowest BCUT2D eigenvalue weighted by atomic mass is 10.0. The van der Waals surface area contributed by atoms with Gasteiger partial charge in [-0.05, 0) is 43.4 Å². The lowest BCUT2D eigenvalue weighted by molar-refractivity contribution is -0.132. The van der Waals surface area contributed by atoms with Crippen LogP contribution in [0.25, 0.3) is 0 Å². The Hall–Kier alpha value is -2.07. The quantitative estimate of drug-likeness (QED) is 0.843. The van der Waals surface area contributed by atoms with E-state index < -0.39 is 6.10 Å². The molecule has 1 fully saturated rings. The summed E-state index contributed by atoms with van der Waals surface area (Å²) in [6.07, 6.45) is 5.83. The number of aliphatic hydroxyl groups is 1. The monoisotopic (exact) mass is 327 g/mol. The molecule has 1 aliphatic heterocycles. The van der Waals surface area contributed by atoms with E-state index in [9.17, 15) is 9.90 Å². The molecule has 0 aliphatic carbocycles. The summed E-state index contributed by atoms with van der Waals surface area (Å²) in [5.74, 6) is 0.790. The standard InChI is InChI=1S/C20H25NO3/c22-18(19-11-6-14-24-19)15-17-10-5-13-21(17)20(23)12-4-9-16-7-2-1-3-8-16/h1-3,6-8,11,14,17-18,22H,4-5,9-10,12-13,15H2. The number of rotatable bonds is 7. The topological polar surface area (TPSA) is 53.7 Å². The van der Waals surface area contributed by atoms with Crippen LogP contribution in [0, 0.1) is 0 Å². The second kappa shape index (κ2) is 8.15. The molecule has 0 bridgehead atoms. The van der Waals surface area contributed by atoms with Crippen LogP contribution in [0.1, 0.15) is 49.5 Å². The van der Waals surface area contributed by atoms with E-state index in [1.54, 1.807) is 18.4 Å². The highest BCUT2D eigenvalue weighted by atomic mass is 16.4. The second-order valence-electron chi connectivity index (χ2n) is 6.49. The number of carbonyl (C=O) groups excluding carboxylic acids is 1. The van der Waals surface area contributed by atoms with Gasteiger partial charge in [-0.2, -0.15) is 0 Å². The Kier molecular flexibility index (Phi) is 5.70. The minimum absolute atomic E-state index is 0.120. The van der Waals surface area contributed by atoms with Crippen LogP contribution in [0.2, 0.25) is 0 Å². The van der Waals surface area contributed by atoms with Gasteiger partial charge in [-0.1, -0.05) is 30.3 Å². The number of nitrogens with zero attached hydrogens (tertiary/aromatic N) is 1. The SMILES string of the molecule is O=C(CCCc1ccccc1)N1CCCC1CC(O)c1ccco1. The number of benzene rings is 1. The van der Waals surface area contributed by atoms with Crippen LogP contribution in [0.4, 0.5) is 0 Å². The summed E-state index contributed by atoms with van der Waals surface area (Å²) < 4.78 is 5.26. The Morgan fingerprint density at radius 1 is 1.25 bits per heavy atom. The van der Waals surface area contributed by atoms with Gasteiger partial charge in [0.15, 0.2) is 0 Å². The summed E-state index contributed by atoms with van der Waals surface area (Å²) in [7, 11) is 0. The molecule has 1 saturated heterocycles. The fraction of sp³-hybridized carbons (Fsp3) is 0.450. The first-order valence-corrected chi connectivity index (χ1v) is 8.79. The molecule has 4 nitrogen and oxygen atoms in total. The highest BCUT2D eigenvalue weighted by Gasteiger charge is 2.30. The largest absolute Gasteiger partial charge is 0.467 e. The average molecular weight is 327 g/mol. The number of furan rings is 1. The van der Waals surface area contributed by atoms with E-state index in [1.165, 1.54) is 5.56 Å². The molecule has 3 rings (SSSR count). The summed E-state index contributed by atoms with van der Waals surface area (Å²) in [4.78, 5) is 14.5. The number of hydrogen-bond acceptors (Lipinski definition) is 3. The van der Waals surface area contributed by atoms with Gasteiger partial charge in [0.05, 0.1) is 6.26 Å². The predicted octanol–water partition coefficient (Wildman–Crippen LogP) is 3.72. The zero-order chi connectivity index (χ0) is 16.8. The fourth-order valence-electron chi connectivity index (χ4n) is 3.50. The normalized spacial score (nSPS) is 18.7. The van der Waals surface area contributed by atoms with Gasteiger partial charge in [0.25, 0.3) is 0 Å². The molecule has 2 aromatic rings. The maximum absolute atomic E-state index is 12.5. The minimum atomic E-state index is -0.636. The number of aliphatic hydroxyl groups excluding tert-OH is 1. The molecule has 0 radical (unpaired) electrons. The van der Waals surface area contributed by atoms with E-state index in [0.29, 0.717) is 18.6 Å². The van der Waals surface area contributed by atoms with Crippen LogP contribution in [0.15, 0.2) is 53.1 Å². The smallest absolute Gasteiger partial charge is 0.222 e. The zero-order valence-corrected chi connectivity index (χ0v) is 13.9. The van der Waals surface area contributed by atoms with E-state index in [0.717, 1.165) is 32.2 Å². The second-order valence-corrected chi connectivity index (χ2v) is 6.49. The summed E-state index contributed by atoms with van der Waals surface area (Å²) in [5.41, 5.74) is 1.27. The lowest BCUT2D eigenvalue weighted by Gasteiger charge is -2.26. The van der Waals surface area contributed by atoms with Gasteiger partial charge in [0.1, 0.15) is 11.9 Å². The Bertz CT molecular complexity index is 624. The molecule has 4 heteroatoms. The Morgan fingerprint density at radius 2 is 2.08 bits per heavy atom. The van der Waals surface area contributed by atoms with Crippen molar-refractivity contribution >= 4 is 5.91 Å². The number of likely N-dealkylation sites (tertiary alicyclic amines) is 1. The van der Waals surface area contributed by atoms with Crippen LogP contribution >= 0.6 is 0 Å². The van der Waals surface area contributed by atoms with Crippen molar-refractivity contribution in [2.45, 2.75) is 50.7 Å². The maximum atomic E-state index is 12.5. The minimum Gasteiger partial charge on any atom is -0.467 e. The van der Waals surface area contributed by atoms with Gasteiger partial charge in [0.2, 0.25) is 5.91 Å². The number of aryl methyl sites for hydroxylation is 1.